The molecule has 2 N–H and O–H groups in total. The van der Waals surface area contributed by atoms with E-state index >= 15 is 0 Å². The van der Waals surface area contributed by atoms with E-state index in [0.717, 1.165) is 12.1 Å². The molecule has 0 spiro atoms. The lowest BCUT2D eigenvalue weighted by atomic mass is 10.1. The van der Waals surface area contributed by atoms with Crippen LogP contribution in [0.5, 0.6) is 23.0 Å². The first-order valence-electron chi connectivity index (χ1n) is 7.54. The first-order chi connectivity index (χ1) is 12.4. The summed E-state index contributed by atoms with van der Waals surface area (Å²) in [5, 5.41) is 13.7. The number of carbonyl (C=O) groups is 1. The summed E-state index contributed by atoms with van der Waals surface area (Å²) in [6.45, 7) is 1.53. The summed E-state index contributed by atoms with van der Waals surface area (Å²) < 4.78 is 28.9. The Morgan fingerprint density at radius 1 is 1.08 bits per heavy atom. The van der Waals surface area contributed by atoms with Crippen LogP contribution in [0.1, 0.15) is 22.8 Å². The Hall–Kier alpha value is -3.29. The summed E-state index contributed by atoms with van der Waals surface area (Å²) in [7, 11) is 4.33. The summed E-state index contributed by atoms with van der Waals surface area (Å²) in [6.07, 6.45) is 0. The van der Waals surface area contributed by atoms with Crippen LogP contribution in [0.2, 0.25) is 0 Å². The van der Waals surface area contributed by atoms with Gasteiger partial charge in [-0.15, -0.1) is 0 Å². The second-order valence-corrected chi connectivity index (χ2v) is 5.21. The van der Waals surface area contributed by atoms with E-state index in [0.29, 0.717) is 17.2 Å². The topological polar surface area (TPSA) is 89.4 Å². The average molecular weight is 362 g/mol. The first kappa shape index (κ1) is 19.0. The van der Waals surface area contributed by atoms with Gasteiger partial charge in [0.05, 0.1) is 27.0 Å². The molecule has 0 aliphatic heterocycles. The van der Waals surface area contributed by atoms with Gasteiger partial charge in [0.25, 0.3) is 5.91 Å². The summed E-state index contributed by atoms with van der Waals surface area (Å²) in [4.78, 5) is 12.4. The molecule has 0 heterocycles. The van der Waals surface area contributed by atoms with Crippen LogP contribution in [0.25, 0.3) is 0 Å². The fourth-order valence-corrected chi connectivity index (χ4v) is 2.27. The summed E-state index contributed by atoms with van der Waals surface area (Å²) >= 11 is 0. The number of halogens is 1. The average Bonchev–Trinajstić information content (AvgIpc) is 2.66. The minimum Gasteiger partial charge on any atom is -0.507 e. The number of phenolic OH excluding ortho intramolecular Hbond substituents is 1. The van der Waals surface area contributed by atoms with Gasteiger partial charge in [0.1, 0.15) is 11.6 Å². The number of carbonyl (C=O) groups excluding carboxylic acids is 1. The molecule has 26 heavy (non-hydrogen) atoms. The molecule has 0 saturated carbocycles. The van der Waals surface area contributed by atoms with Gasteiger partial charge >= 0.3 is 0 Å². The van der Waals surface area contributed by atoms with Gasteiger partial charge in [-0.05, 0) is 37.3 Å². The van der Waals surface area contributed by atoms with Crippen molar-refractivity contribution in [2.45, 2.75) is 6.92 Å². The van der Waals surface area contributed by atoms with Crippen molar-refractivity contribution >= 4 is 11.6 Å². The van der Waals surface area contributed by atoms with Gasteiger partial charge in [0, 0.05) is 11.1 Å². The number of hydrazone groups is 1. The van der Waals surface area contributed by atoms with E-state index in [-0.39, 0.29) is 22.6 Å². The second-order valence-electron chi connectivity index (χ2n) is 5.21. The molecule has 0 radical (unpaired) electrons. The Kier molecular flexibility index (Phi) is 6.00. The third-order valence-electron chi connectivity index (χ3n) is 3.60. The van der Waals surface area contributed by atoms with Crippen molar-refractivity contribution < 1.29 is 28.5 Å². The molecule has 8 heteroatoms. The Morgan fingerprint density at radius 3 is 2.23 bits per heavy atom. The highest BCUT2D eigenvalue weighted by Gasteiger charge is 2.17. The highest BCUT2D eigenvalue weighted by Crippen LogP contribution is 2.38. The zero-order chi connectivity index (χ0) is 19.3. The van der Waals surface area contributed by atoms with Crippen LogP contribution in [0.4, 0.5) is 4.39 Å². The van der Waals surface area contributed by atoms with Crippen molar-refractivity contribution in [1.82, 2.24) is 5.43 Å². The second kappa shape index (κ2) is 8.19. The molecule has 2 aromatic carbocycles. The molecule has 0 aromatic heterocycles. The van der Waals surface area contributed by atoms with Crippen LogP contribution in [0.3, 0.4) is 0 Å². The Labute approximate surface area is 150 Å². The lowest BCUT2D eigenvalue weighted by Crippen LogP contribution is -2.19. The quantitative estimate of drug-likeness (QED) is 0.609. The number of phenols is 1. The fraction of sp³-hybridized carbons (Fsp3) is 0.222. The zero-order valence-electron chi connectivity index (χ0n) is 14.8. The summed E-state index contributed by atoms with van der Waals surface area (Å²) in [5.41, 5.74) is 2.98. The number of hydrogen-bond acceptors (Lipinski definition) is 6. The first-order valence-corrected chi connectivity index (χ1v) is 7.54. The molecule has 1 amide bonds. The van der Waals surface area contributed by atoms with Gasteiger partial charge in [-0.2, -0.15) is 5.10 Å². The third-order valence-corrected chi connectivity index (χ3v) is 3.60. The molecule has 0 bridgehead atoms. The molecule has 0 saturated heterocycles. The van der Waals surface area contributed by atoms with E-state index in [9.17, 15) is 14.3 Å². The fourth-order valence-electron chi connectivity index (χ4n) is 2.27. The van der Waals surface area contributed by atoms with Gasteiger partial charge < -0.3 is 19.3 Å². The van der Waals surface area contributed by atoms with E-state index in [1.807, 2.05) is 0 Å². The molecule has 0 unspecified atom stereocenters. The molecular formula is C18H19FN2O5. The Bertz CT molecular complexity index is 826. The van der Waals surface area contributed by atoms with E-state index in [1.54, 1.807) is 0 Å². The molecule has 2 aromatic rings. The number of methoxy groups -OCH3 is 3. The van der Waals surface area contributed by atoms with Gasteiger partial charge in [-0.3, -0.25) is 4.79 Å². The minimum absolute atomic E-state index is 0.144. The van der Waals surface area contributed by atoms with E-state index in [4.69, 9.17) is 14.2 Å². The van der Waals surface area contributed by atoms with E-state index < -0.39 is 11.7 Å². The molecular weight excluding hydrogens is 343 g/mol. The summed E-state index contributed by atoms with van der Waals surface area (Å²) in [6, 6.07) is 6.41. The van der Waals surface area contributed by atoms with Gasteiger partial charge in [0.2, 0.25) is 5.75 Å². The maximum Gasteiger partial charge on any atom is 0.271 e. The van der Waals surface area contributed by atoms with Crippen LogP contribution in [-0.2, 0) is 0 Å². The molecule has 0 aliphatic carbocycles. The van der Waals surface area contributed by atoms with Crippen molar-refractivity contribution in [1.29, 1.82) is 0 Å². The highest BCUT2D eigenvalue weighted by molar-refractivity contribution is 6.02. The maximum atomic E-state index is 13.3. The predicted molar refractivity (Wildman–Crippen MR) is 93.8 cm³/mol. The van der Waals surface area contributed by atoms with Crippen LogP contribution >= 0.6 is 0 Å². The normalized spacial score (nSPS) is 11.0. The van der Waals surface area contributed by atoms with Gasteiger partial charge in [0.15, 0.2) is 11.5 Å². The van der Waals surface area contributed by atoms with E-state index in [1.165, 1.54) is 46.5 Å². The molecule has 0 atom stereocenters. The van der Waals surface area contributed by atoms with Gasteiger partial charge in [-0.25, -0.2) is 9.82 Å². The number of ether oxygens (including phenoxy) is 3. The maximum absolute atomic E-state index is 13.3. The van der Waals surface area contributed by atoms with Crippen molar-refractivity contribution in [3.63, 3.8) is 0 Å². The van der Waals surface area contributed by atoms with Crippen LogP contribution in [0, 0.1) is 5.82 Å². The van der Waals surface area contributed by atoms with Crippen molar-refractivity contribution in [3.05, 3.63) is 47.3 Å². The Balaban J connectivity index is 2.28. The van der Waals surface area contributed by atoms with Crippen LogP contribution in [-0.4, -0.2) is 38.1 Å². The highest BCUT2D eigenvalue weighted by atomic mass is 19.1. The SMILES string of the molecule is COc1cc(C(=O)N/N=C(\C)c2cc(F)ccc2O)cc(OC)c1OC. The Morgan fingerprint density at radius 2 is 1.69 bits per heavy atom. The van der Waals surface area contributed by atoms with Crippen molar-refractivity contribution in [3.8, 4) is 23.0 Å². The van der Waals surface area contributed by atoms with E-state index in [2.05, 4.69) is 10.5 Å². The van der Waals surface area contributed by atoms with Gasteiger partial charge in [-0.1, -0.05) is 0 Å². The number of rotatable bonds is 6. The molecule has 0 fully saturated rings. The number of nitrogens with one attached hydrogen (secondary N) is 1. The third kappa shape index (κ3) is 4.02. The molecule has 0 aliphatic rings. The number of nitrogens with zero attached hydrogens (tertiary/aromatic N) is 1. The standard InChI is InChI=1S/C18H19FN2O5/c1-10(13-9-12(19)5-6-14(13)22)20-21-18(23)11-7-15(24-2)17(26-4)16(8-11)25-3/h5-9,22H,1-4H3,(H,21,23)/b20-10+. The van der Waals surface area contributed by atoms with Crippen LogP contribution < -0.4 is 19.6 Å². The largest absolute Gasteiger partial charge is 0.507 e. The van der Waals surface area contributed by atoms with Crippen LogP contribution in [0.15, 0.2) is 35.4 Å². The summed E-state index contributed by atoms with van der Waals surface area (Å²) in [5.74, 6) is -0.214. The van der Waals surface area contributed by atoms with Crippen molar-refractivity contribution in [2.75, 3.05) is 21.3 Å². The van der Waals surface area contributed by atoms with Crippen molar-refractivity contribution in [2.24, 2.45) is 5.10 Å². The minimum atomic E-state index is -0.542. The molecule has 7 nitrogen and oxygen atoms in total. The number of aromatic hydroxyl groups is 1. The predicted octanol–water partition coefficient (Wildman–Crippen LogP) is 2.71. The number of amides is 1. The number of benzene rings is 2. The lowest BCUT2D eigenvalue weighted by molar-refractivity contribution is 0.0954. The molecule has 2 rings (SSSR count). The molecule has 138 valence electrons. The smallest absolute Gasteiger partial charge is 0.271 e. The number of hydrogen-bond donors (Lipinski definition) is 2. The monoisotopic (exact) mass is 362 g/mol. The zero-order valence-corrected chi connectivity index (χ0v) is 14.8. The lowest BCUT2D eigenvalue weighted by Gasteiger charge is -2.13.